The number of aromatic nitrogens is 2. The second kappa shape index (κ2) is 7.89. The zero-order chi connectivity index (χ0) is 15.9. The Hall–Kier alpha value is -1.95. The molecule has 1 amide bonds. The third-order valence-corrected chi connectivity index (χ3v) is 3.75. The first-order chi connectivity index (χ1) is 10.6. The van der Waals surface area contributed by atoms with Gasteiger partial charge in [0.25, 0.3) is 5.91 Å². The van der Waals surface area contributed by atoms with Crippen LogP contribution in [0.4, 0.5) is 5.13 Å². The summed E-state index contributed by atoms with van der Waals surface area (Å²) in [6, 6.07) is 7.11. The Kier molecular flexibility index (Phi) is 5.89. The summed E-state index contributed by atoms with van der Waals surface area (Å²) in [5.74, 6) is 1.05. The van der Waals surface area contributed by atoms with Crippen molar-refractivity contribution < 1.29 is 9.53 Å². The Labute approximate surface area is 134 Å². The summed E-state index contributed by atoms with van der Waals surface area (Å²) < 4.78 is 5.60. The Morgan fingerprint density at radius 3 is 2.64 bits per heavy atom. The fraction of sp³-hybridized carbons (Fsp3) is 0.438. The fourth-order valence-electron chi connectivity index (χ4n) is 1.75. The normalized spacial score (nSPS) is 10.7. The number of ether oxygens (including phenoxy) is 1. The van der Waals surface area contributed by atoms with E-state index in [1.165, 1.54) is 11.3 Å². The summed E-state index contributed by atoms with van der Waals surface area (Å²) in [7, 11) is 0. The van der Waals surface area contributed by atoms with Gasteiger partial charge in [0.1, 0.15) is 10.8 Å². The van der Waals surface area contributed by atoms with Crippen LogP contribution < -0.4 is 10.1 Å². The molecule has 1 heterocycles. The van der Waals surface area contributed by atoms with Crippen LogP contribution in [0, 0.1) is 5.92 Å². The van der Waals surface area contributed by atoms with Crippen LogP contribution in [-0.2, 0) is 6.42 Å². The molecule has 22 heavy (non-hydrogen) atoms. The molecule has 2 aromatic rings. The molecule has 0 bridgehead atoms. The van der Waals surface area contributed by atoms with Crippen LogP contribution in [0.5, 0.6) is 5.75 Å². The van der Waals surface area contributed by atoms with Crippen LogP contribution in [0.15, 0.2) is 24.3 Å². The molecule has 0 unspecified atom stereocenters. The first kappa shape index (κ1) is 16.4. The number of rotatable bonds is 7. The lowest BCUT2D eigenvalue weighted by molar-refractivity contribution is 0.102. The minimum Gasteiger partial charge on any atom is -0.493 e. The van der Waals surface area contributed by atoms with Gasteiger partial charge in [-0.3, -0.25) is 10.1 Å². The van der Waals surface area contributed by atoms with E-state index >= 15 is 0 Å². The molecule has 0 aliphatic heterocycles. The van der Waals surface area contributed by atoms with Gasteiger partial charge in [0.15, 0.2) is 0 Å². The summed E-state index contributed by atoms with van der Waals surface area (Å²) in [6.07, 6.45) is 1.90. The number of aryl methyl sites for hydroxylation is 1. The van der Waals surface area contributed by atoms with Crippen molar-refractivity contribution in [2.24, 2.45) is 5.92 Å². The van der Waals surface area contributed by atoms with E-state index < -0.39 is 0 Å². The average molecular weight is 319 g/mol. The maximum Gasteiger partial charge on any atom is 0.257 e. The van der Waals surface area contributed by atoms with E-state index in [-0.39, 0.29) is 5.91 Å². The predicted octanol–water partition coefficient (Wildman–Crippen LogP) is 3.78. The SMILES string of the molecule is CCCc1nnc(NC(=O)c2ccc(OCC(C)C)cc2)s1. The summed E-state index contributed by atoms with van der Waals surface area (Å²) in [4.78, 5) is 12.1. The van der Waals surface area contributed by atoms with Crippen molar-refractivity contribution in [3.63, 3.8) is 0 Å². The number of carbonyl (C=O) groups is 1. The Bertz CT molecular complexity index is 608. The smallest absolute Gasteiger partial charge is 0.257 e. The predicted molar refractivity (Wildman–Crippen MR) is 88.6 cm³/mol. The Morgan fingerprint density at radius 2 is 2.00 bits per heavy atom. The molecule has 0 spiro atoms. The Balaban J connectivity index is 1.94. The molecule has 0 atom stereocenters. The quantitative estimate of drug-likeness (QED) is 0.843. The highest BCUT2D eigenvalue weighted by Crippen LogP contribution is 2.18. The van der Waals surface area contributed by atoms with Crippen molar-refractivity contribution in [1.29, 1.82) is 0 Å². The van der Waals surface area contributed by atoms with Crippen molar-refractivity contribution in [3.8, 4) is 5.75 Å². The molecular formula is C16H21N3O2S. The van der Waals surface area contributed by atoms with Crippen LogP contribution in [0.2, 0.25) is 0 Å². The molecule has 0 fully saturated rings. The van der Waals surface area contributed by atoms with Crippen molar-refractivity contribution in [2.45, 2.75) is 33.6 Å². The summed E-state index contributed by atoms with van der Waals surface area (Å²) in [6.45, 7) is 6.94. The van der Waals surface area contributed by atoms with Crippen LogP contribution in [0.3, 0.4) is 0 Å². The third kappa shape index (κ3) is 4.80. The zero-order valence-electron chi connectivity index (χ0n) is 13.1. The zero-order valence-corrected chi connectivity index (χ0v) is 13.9. The summed E-state index contributed by atoms with van der Waals surface area (Å²) in [5, 5.41) is 12.3. The van der Waals surface area contributed by atoms with Gasteiger partial charge in [-0.1, -0.05) is 32.1 Å². The van der Waals surface area contributed by atoms with E-state index in [0.29, 0.717) is 23.2 Å². The number of hydrogen-bond acceptors (Lipinski definition) is 5. The van der Waals surface area contributed by atoms with E-state index in [4.69, 9.17) is 4.74 Å². The van der Waals surface area contributed by atoms with Crippen LogP contribution in [-0.4, -0.2) is 22.7 Å². The van der Waals surface area contributed by atoms with Crippen LogP contribution in [0.25, 0.3) is 0 Å². The minimum atomic E-state index is -0.186. The lowest BCUT2D eigenvalue weighted by atomic mass is 10.2. The molecule has 0 saturated heterocycles. The number of benzene rings is 1. The van der Waals surface area contributed by atoms with Gasteiger partial charge < -0.3 is 4.74 Å². The summed E-state index contributed by atoms with van der Waals surface area (Å²) in [5.41, 5.74) is 0.573. The molecule has 1 aromatic heterocycles. The van der Waals surface area contributed by atoms with Gasteiger partial charge in [0.05, 0.1) is 6.61 Å². The molecule has 5 nitrogen and oxygen atoms in total. The second-order valence-corrected chi connectivity index (χ2v) is 6.50. The highest BCUT2D eigenvalue weighted by Gasteiger charge is 2.10. The molecule has 0 aliphatic carbocycles. The highest BCUT2D eigenvalue weighted by molar-refractivity contribution is 7.15. The van der Waals surface area contributed by atoms with Crippen molar-refractivity contribution >= 4 is 22.4 Å². The van der Waals surface area contributed by atoms with E-state index in [1.54, 1.807) is 24.3 Å². The lowest BCUT2D eigenvalue weighted by Crippen LogP contribution is -2.11. The van der Waals surface area contributed by atoms with E-state index in [9.17, 15) is 4.79 Å². The van der Waals surface area contributed by atoms with Gasteiger partial charge >= 0.3 is 0 Å². The number of nitrogens with zero attached hydrogens (tertiary/aromatic N) is 2. The largest absolute Gasteiger partial charge is 0.493 e. The molecule has 2 rings (SSSR count). The molecule has 1 N–H and O–H groups in total. The number of nitrogens with one attached hydrogen (secondary N) is 1. The van der Waals surface area contributed by atoms with E-state index in [0.717, 1.165) is 23.6 Å². The molecule has 118 valence electrons. The maximum atomic E-state index is 12.1. The van der Waals surface area contributed by atoms with Crippen molar-refractivity contribution in [2.75, 3.05) is 11.9 Å². The first-order valence-corrected chi connectivity index (χ1v) is 8.26. The van der Waals surface area contributed by atoms with E-state index in [2.05, 4.69) is 36.3 Å². The van der Waals surface area contributed by atoms with Crippen LogP contribution >= 0.6 is 11.3 Å². The number of carbonyl (C=O) groups excluding carboxylic acids is 1. The molecule has 6 heteroatoms. The van der Waals surface area contributed by atoms with Gasteiger partial charge in [-0.2, -0.15) is 0 Å². The van der Waals surface area contributed by atoms with Gasteiger partial charge in [-0.15, -0.1) is 10.2 Å². The summed E-state index contributed by atoms with van der Waals surface area (Å²) >= 11 is 1.42. The van der Waals surface area contributed by atoms with E-state index in [1.807, 2.05) is 0 Å². The monoisotopic (exact) mass is 319 g/mol. The van der Waals surface area contributed by atoms with Crippen molar-refractivity contribution in [3.05, 3.63) is 34.8 Å². The molecule has 0 saturated carbocycles. The molecule has 0 radical (unpaired) electrons. The lowest BCUT2D eigenvalue weighted by Gasteiger charge is -2.09. The molecular weight excluding hydrogens is 298 g/mol. The average Bonchev–Trinajstić information content (AvgIpc) is 2.93. The van der Waals surface area contributed by atoms with Crippen LogP contribution in [0.1, 0.15) is 42.6 Å². The van der Waals surface area contributed by atoms with Gasteiger partial charge in [0, 0.05) is 12.0 Å². The highest BCUT2D eigenvalue weighted by atomic mass is 32.1. The first-order valence-electron chi connectivity index (χ1n) is 7.45. The van der Waals surface area contributed by atoms with Gasteiger partial charge in [0.2, 0.25) is 5.13 Å². The third-order valence-electron chi connectivity index (χ3n) is 2.85. The van der Waals surface area contributed by atoms with Crippen molar-refractivity contribution in [1.82, 2.24) is 10.2 Å². The maximum absolute atomic E-state index is 12.1. The standard InChI is InChI=1S/C16H21N3O2S/c1-4-5-14-18-19-16(22-14)17-15(20)12-6-8-13(9-7-12)21-10-11(2)3/h6-9,11H,4-5,10H2,1-3H3,(H,17,19,20). The Morgan fingerprint density at radius 1 is 1.27 bits per heavy atom. The topological polar surface area (TPSA) is 64.1 Å². The molecule has 1 aromatic carbocycles. The number of hydrogen-bond donors (Lipinski definition) is 1. The fourth-order valence-corrected chi connectivity index (χ4v) is 2.59. The number of amides is 1. The molecule has 0 aliphatic rings. The van der Waals surface area contributed by atoms with Gasteiger partial charge in [-0.25, -0.2) is 0 Å². The number of anilines is 1. The van der Waals surface area contributed by atoms with Gasteiger partial charge in [-0.05, 0) is 36.6 Å². The minimum absolute atomic E-state index is 0.186. The second-order valence-electron chi connectivity index (χ2n) is 5.43.